The average Bonchev–Trinajstić information content (AvgIpc) is 2.53. The molecule has 2 aromatic rings. The van der Waals surface area contributed by atoms with E-state index in [-0.39, 0.29) is 5.69 Å². The molecule has 2 rings (SSSR count). The van der Waals surface area contributed by atoms with Gasteiger partial charge in [0.25, 0.3) is 5.69 Å². The number of non-ortho nitro benzene ring substituents is 1. The number of hydrogen-bond acceptors (Lipinski definition) is 4. The predicted octanol–water partition coefficient (Wildman–Crippen LogP) is 4.40. The van der Waals surface area contributed by atoms with Gasteiger partial charge in [0.2, 0.25) is 0 Å². The third kappa shape index (κ3) is 3.03. The van der Waals surface area contributed by atoms with Gasteiger partial charge in [-0.2, -0.15) is 0 Å². The Bertz CT molecular complexity index is 695. The van der Waals surface area contributed by atoms with Crippen molar-refractivity contribution in [2.45, 2.75) is 19.8 Å². The maximum absolute atomic E-state index is 10.9. The molecular weight excluding hydrogens is 282 g/mol. The lowest BCUT2D eigenvalue weighted by atomic mass is 9.96. The SMILES string of the molecule is COc1cc([N+](=O)[O-])ccc1-c1cc(C(C)C)ccc1OC. The summed E-state index contributed by atoms with van der Waals surface area (Å²) < 4.78 is 10.8. The third-order valence-corrected chi connectivity index (χ3v) is 3.58. The van der Waals surface area contributed by atoms with E-state index in [2.05, 4.69) is 13.8 Å². The topological polar surface area (TPSA) is 61.6 Å². The summed E-state index contributed by atoms with van der Waals surface area (Å²) in [6.07, 6.45) is 0. The minimum Gasteiger partial charge on any atom is -0.496 e. The molecule has 0 amide bonds. The molecule has 0 N–H and O–H groups in total. The fourth-order valence-electron chi connectivity index (χ4n) is 2.31. The fourth-order valence-corrected chi connectivity index (χ4v) is 2.31. The second-order valence-electron chi connectivity index (χ2n) is 5.26. The molecule has 0 saturated carbocycles. The Kier molecular flexibility index (Phi) is 4.65. The van der Waals surface area contributed by atoms with Crippen LogP contribution in [0.5, 0.6) is 11.5 Å². The van der Waals surface area contributed by atoms with E-state index >= 15 is 0 Å². The summed E-state index contributed by atoms with van der Waals surface area (Å²) >= 11 is 0. The van der Waals surface area contributed by atoms with Crippen molar-refractivity contribution in [3.63, 3.8) is 0 Å². The number of ether oxygens (including phenoxy) is 2. The molecule has 0 aromatic heterocycles. The van der Waals surface area contributed by atoms with Crippen LogP contribution in [0.2, 0.25) is 0 Å². The average molecular weight is 301 g/mol. The van der Waals surface area contributed by atoms with Crippen molar-refractivity contribution < 1.29 is 14.4 Å². The molecule has 0 heterocycles. The zero-order valence-corrected chi connectivity index (χ0v) is 13.1. The molecule has 0 saturated heterocycles. The Labute approximate surface area is 129 Å². The molecule has 5 heteroatoms. The lowest BCUT2D eigenvalue weighted by molar-refractivity contribution is -0.384. The molecule has 0 spiro atoms. The van der Waals surface area contributed by atoms with Gasteiger partial charge in [0.05, 0.1) is 25.2 Å². The van der Waals surface area contributed by atoms with Crippen LogP contribution < -0.4 is 9.47 Å². The normalized spacial score (nSPS) is 10.6. The second kappa shape index (κ2) is 6.47. The maximum Gasteiger partial charge on any atom is 0.273 e. The zero-order valence-electron chi connectivity index (χ0n) is 13.1. The molecule has 0 bridgehead atoms. The summed E-state index contributed by atoms with van der Waals surface area (Å²) in [4.78, 5) is 10.5. The van der Waals surface area contributed by atoms with Gasteiger partial charge in [-0.05, 0) is 29.7 Å². The molecule has 0 aliphatic carbocycles. The van der Waals surface area contributed by atoms with Gasteiger partial charge in [-0.1, -0.05) is 19.9 Å². The number of hydrogen-bond donors (Lipinski definition) is 0. The van der Waals surface area contributed by atoms with Gasteiger partial charge < -0.3 is 9.47 Å². The molecule has 5 nitrogen and oxygen atoms in total. The van der Waals surface area contributed by atoms with E-state index < -0.39 is 4.92 Å². The largest absolute Gasteiger partial charge is 0.496 e. The van der Waals surface area contributed by atoms with Gasteiger partial charge in [-0.15, -0.1) is 0 Å². The van der Waals surface area contributed by atoms with Crippen molar-refractivity contribution >= 4 is 5.69 Å². The Morgan fingerprint density at radius 1 is 0.955 bits per heavy atom. The van der Waals surface area contributed by atoms with Crippen LogP contribution in [0.3, 0.4) is 0 Å². The Hall–Kier alpha value is -2.56. The van der Waals surface area contributed by atoms with Gasteiger partial charge in [0.15, 0.2) is 0 Å². The second-order valence-corrected chi connectivity index (χ2v) is 5.26. The van der Waals surface area contributed by atoms with E-state index in [1.54, 1.807) is 13.2 Å². The zero-order chi connectivity index (χ0) is 16.3. The Morgan fingerprint density at radius 3 is 2.18 bits per heavy atom. The molecule has 0 fully saturated rings. The number of nitrogens with zero attached hydrogens (tertiary/aromatic N) is 1. The van der Waals surface area contributed by atoms with Crippen LogP contribution in [-0.4, -0.2) is 19.1 Å². The first-order valence-corrected chi connectivity index (χ1v) is 6.98. The minimum absolute atomic E-state index is 0.000388. The quantitative estimate of drug-likeness (QED) is 0.606. The first-order chi connectivity index (χ1) is 10.5. The highest BCUT2D eigenvalue weighted by atomic mass is 16.6. The number of benzene rings is 2. The summed E-state index contributed by atoms with van der Waals surface area (Å²) in [6, 6.07) is 10.6. The molecule has 0 atom stereocenters. The van der Waals surface area contributed by atoms with Crippen LogP contribution in [0.1, 0.15) is 25.3 Å². The molecular formula is C17H19NO4. The van der Waals surface area contributed by atoms with Crippen molar-refractivity contribution in [3.8, 4) is 22.6 Å². The third-order valence-electron chi connectivity index (χ3n) is 3.58. The highest BCUT2D eigenvalue weighted by Gasteiger charge is 2.16. The standard InChI is InChI=1S/C17H19NO4/c1-11(2)12-5-8-16(21-3)15(9-12)14-7-6-13(18(19)20)10-17(14)22-4/h5-11H,1-4H3. The summed E-state index contributed by atoms with van der Waals surface area (Å²) in [5.74, 6) is 1.53. The first-order valence-electron chi connectivity index (χ1n) is 6.98. The van der Waals surface area contributed by atoms with E-state index in [1.807, 2.05) is 18.2 Å². The summed E-state index contributed by atoms with van der Waals surface area (Å²) in [6.45, 7) is 4.22. The Morgan fingerprint density at radius 2 is 1.64 bits per heavy atom. The van der Waals surface area contributed by atoms with Crippen molar-refractivity contribution in [1.82, 2.24) is 0 Å². The minimum atomic E-state index is -0.436. The summed E-state index contributed by atoms with van der Waals surface area (Å²) in [5.41, 5.74) is 2.80. The molecule has 0 aliphatic heterocycles. The lowest BCUT2D eigenvalue weighted by Crippen LogP contribution is -1.96. The Balaban J connectivity index is 2.64. The lowest BCUT2D eigenvalue weighted by Gasteiger charge is -2.15. The number of nitro groups is 1. The van der Waals surface area contributed by atoms with E-state index in [1.165, 1.54) is 19.2 Å². The number of rotatable bonds is 5. The number of methoxy groups -OCH3 is 2. The van der Waals surface area contributed by atoms with Gasteiger partial charge in [-0.3, -0.25) is 10.1 Å². The maximum atomic E-state index is 10.9. The van der Waals surface area contributed by atoms with Gasteiger partial charge in [0, 0.05) is 17.2 Å². The van der Waals surface area contributed by atoms with Crippen molar-refractivity contribution in [2.75, 3.05) is 14.2 Å². The molecule has 22 heavy (non-hydrogen) atoms. The van der Waals surface area contributed by atoms with Gasteiger partial charge >= 0.3 is 0 Å². The molecule has 2 aromatic carbocycles. The summed E-state index contributed by atoms with van der Waals surface area (Å²) in [5, 5.41) is 10.9. The van der Waals surface area contributed by atoms with Crippen LogP contribution in [0, 0.1) is 10.1 Å². The van der Waals surface area contributed by atoms with Crippen LogP contribution in [0.4, 0.5) is 5.69 Å². The van der Waals surface area contributed by atoms with Crippen LogP contribution in [0.15, 0.2) is 36.4 Å². The van der Waals surface area contributed by atoms with Crippen molar-refractivity contribution in [2.24, 2.45) is 0 Å². The van der Waals surface area contributed by atoms with Crippen molar-refractivity contribution in [1.29, 1.82) is 0 Å². The molecule has 0 unspecified atom stereocenters. The molecule has 0 radical (unpaired) electrons. The van der Waals surface area contributed by atoms with Gasteiger partial charge in [0.1, 0.15) is 11.5 Å². The highest BCUT2D eigenvalue weighted by Crippen LogP contribution is 2.39. The van der Waals surface area contributed by atoms with Gasteiger partial charge in [-0.25, -0.2) is 0 Å². The highest BCUT2D eigenvalue weighted by molar-refractivity contribution is 5.77. The molecule has 116 valence electrons. The van der Waals surface area contributed by atoms with Crippen LogP contribution in [-0.2, 0) is 0 Å². The van der Waals surface area contributed by atoms with Crippen molar-refractivity contribution in [3.05, 3.63) is 52.1 Å². The summed E-state index contributed by atoms with van der Waals surface area (Å²) in [7, 11) is 3.10. The predicted molar refractivity (Wildman–Crippen MR) is 85.7 cm³/mol. The van der Waals surface area contributed by atoms with E-state index in [4.69, 9.17) is 9.47 Å². The smallest absolute Gasteiger partial charge is 0.273 e. The first kappa shape index (κ1) is 15.8. The van der Waals surface area contributed by atoms with E-state index in [0.717, 1.165) is 16.7 Å². The van der Waals surface area contributed by atoms with Crippen LogP contribution in [0.25, 0.3) is 11.1 Å². The van der Waals surface area contributed by atoms with Crippen LogP contribution >= 0.6 is 0 Å². The number of nitro benzene ring substituents is 1. The molecule has 0 aliphatic rings. The monoisotopic (exact) mass is 301 g/mol. The van der Waals surface area contributed by atoms with E-state index in [0.29, 0.717) is 17.4 Å². The fraction of sp³-hybridized carbons (Fsp3) is 0.294. The van der Waals surface area contributed by atoms with E-state index in [9.17, 15) is 10.1 Å².